The van der Waals surface area contributed by atoms with Gasteiger partial charge in [0.2, 0.25) is 0 Å². The molecular formula is C19H17FN2O. The molecule has 3 nitrogen and oxygen atoms in total. The standard InChI is InChI=1S/C19H17FN2O/c1-23-18-8-7-16(20)11-17(18)19(12-15(19)9-10-21)22-13-14-5-3-2-4-6-14/h2-8,11,13,15H,9,12H2,1H3/b22-13+/t15-,19+/m0/s1. The average Bonchev–Trinajstić information content (AvgIpc) is 3.28. The summed E-state index contributed by atoms with van der Waals surface area (Å²) >= 11 is 0. The number of hydrogen-bond donors (Lipinski definition) is 0. The van der Waals surface area contributed by atoms with Crippen molar-refractivity contribution in [2.24, 2.45) is 10.9 Å². The summed E-state index contributed by atoms with van der Waals surface area (Å²) in [6.07, 6.45) is 2.91. The van der Waals surface area contributed by atoms with Gasteiger partial charge >= 0.3 is 0 Å². The van der Waals surface area contributed by atoms with Crippen molar-refractivity contribution < 1.29 is 9.13 Å². The van der Waals surface area contributed by atoms with Gasteiger partial charge in [-0.1, -0.05) is 30.3 Å². The predicted molar refractivity (Wildman–Crippen MR) is 87.0 cm³/mol. The molecule has 0 aliphatic heterocycles. The van der Waals surface area contributed by atoms with Gasteiger partial charge in [-0.3, -0.25) is 4.99 Å². The molecular weight excluding hydrogens is 291 g/mol. The van der Waals surface area contributed by atoms with Crippen LogP contribution in [0.5, 0.6) is 5.75 Å². The minimum Gasteiger partial charge on any atom is -0.496 e. The summed E-state index contributed by atoms with van der Waals surface area (Å²) in [5, 5.41) is 9.01. The first-order valence-corrected chi connectivity index (χ1v) is 7.51. The molecule has 0 N–H and O–H groups in total. The van der Waals surface area contributed by atoms with Crippen molar-refractivity contribution in [3.05, 3.63) is 65.5 Å². The lowest BCUT2D eigenvalue weighted by Gasteiger charge is -2.16. The average molecular weight is 308 g/mol. The number of nitriles is 1. The van der Waals surface area contributed by atoms with E-state index in [-0.39, 0.29) is 11.7 Å². The molecule has 116 valence electrons. The third kappa shape index (κ3) is 2.95. The van der Waals surface area contributed by atoms with Crippen LogP contribution in [0.4, 0.5) is 4.39 Å². The Labute approximate surface area is 135 Å². The van der Waals surface area contributed by atoms with Crippen LogP contribution in [0.1, 0.15) is 24.0 Å². The monoisotopic (exact) mass is 308 g/mol. The molecule has 1 fully saturated rings. The van der Waals surface area contributed by atoms with Crippen molar-refractivity contribution in [1.29, 1.82) is 5.26 Å². The van der Waals surface area contributed by atoms with E-state index in [9.17, 15) is 4.39 Å². The normalized spacial score (nSPS) is 22.7. The molecule has 0 unspecified atom stereocenters. The van der Waals surface area contributed by atoms with Crippen molar-refractivity contribution in [3.63, 3.8) is 0 Å². The van der Waals surface area contributed by atoms with Crippen LogP contribution in [0.2, 0.25) is 0 Å². The molecule has 0 spiro atoms. The Balaban J connectivity index is 2.01. The zero-order valence-corrected chi connectivity index (χ0v) is 12.9. The summed E-state index contributed by atoms with van der Waals surface area (Å²) in [7, 11) is 1.56. The third-order valence-corrected chi connectivity index (χ3v) is 4.28. The molecule has 1 aliphatic carbocycles. The first-order chi connectivity index (χ1) is 11.2. The Morgan fingerprint density at radius 3 is 2.83 bits per heavy atom. The topological polar surface area (TPSA) is 45.4 Å². The molecule has 0 radical (unpaired) electrons. The van der Waals surface area contributed by atoms with Crippen LogP contribution < -0.4 is 4.74 Å². The van der Waals surface area contributed by atoms with Crippen LogP contribution >= 0.6 is 0 Å². The zero-order valence-electron chi connectivity index (χ0n) is 12.9. The Hall–Kier alpha value is -2.67. The van der Waals surface area contributed by atoms with Crippen LogP contribution in [0.3, 0.4) is 0 Å². The maximum atomic E-state index is 13.7. The Kier molecular flexibility index (Phi) is 4.12. The van der Waals surface area contributed by atoms with Crippen LogP contribution in [-0.2, 0) is 5.54 Å². The SMILES string of the molecule is COc1ccc(F)cc1[C@@]1(/N=C/c2ccccc2)C[C@@H]1CC#N. The summed E-state index contributed by atoms with van der Waals surface area (Å²) in [5.41, 5.74) is 1.12. The zero-order chi connectivity index (χ0) is 16.3. The van der Waals surface area contributed by atoms with E-state index in [0.29, 0.717) is 17.7 Å². The molecule has 0 heterocycles. The van der Waals surface area contributed by atoms with Gasteiger partial charge in [0.05, 0.1) is 18.7 Å². The number of hydrogen-bond acceptors (Lipinski definition) is 3. The lowest BCUT2D eigenvalue weighted by molar-refractivity contribution is 0.401. The number of methoxy groups -OCH3 is 1. The molecule has 0 amide bonds. The Morgan fingerprint density at radius 1 is 1.35 bits per heavy atom. The van der Waals surface area contributed by atoms with E-state index >= 15 is 0 Å². The van der Waals surface area contributed by atoms with E-state index in [1.54, 1.807) is 19.4 Å². The van der Waals surface area contributed by atoms with Gasteiger partial charge in [-0.25, -0.2) is 4.39 Å². The smallest absolute Gasteiger partial charge is 0.124 e. The van der Waals surface area contributed by atoms with Crippen molar-refractivity contribution in [2.75, 3.05) is 7.11 Å². The van der Waals surface area contributed by atoms with Crippen molar-refractivity contribution in [3.8, 4) is 11.8 Å². The fourth-order valence-electron chi connectivity index (χ4n) is 2.97. The van der Waals surface area contributed by atoms with E-state index in [4.69, 9.17) is 15.0 Å². The van der Waals surface area contributed by atoms with Crippen molar-refractivity contribution in [1.82, 2.24) is 0 Å². The van der Waals surface area contributed by atoms with E-state index < -0.39 is 5.54 Å². The van der Waals surface area contributed by atoms with Gasteiger partial charge in [0.15, 0.2) is 0 Å². The highest BCUT2D eigenvalue weighted by Gasteiger charge is 2.56. The lowest BCUT2D eigenvalue weighted by atomic mass is 10.00. The number of benzene rings is 2. The molecule has 1 saturated carbocycles. The number of aliphatic imine (C=N–C) groups is 1. The molecule has 0 bridgehead atoms. The maximum Gasteiger partial charge on any atom is 0.124 e. The number of halogens is 1. The molecule has 0 aromatic heterocycles. The fraction of sp³-hybridized carbons (Fsp3) is 0.263. The highest BCUT2D eigenvalue weighted by Crippen LogP contribution is 2.59. The van der Waals surface area contributed by atoms with Gasteiger partial charge in [0, 0.05) is 24.1 Å². The van der Waals surface area contributed by atoms with Crippen LogP contribution in [0, 0.1) is 23.1 Å². The van der Waals surface area contributed by atoms with Gasteiger partial charge in [0.25, 0.3) is 0 Å². The van der Waals surface area contributed by atoms with E-state index in [1.807, 2.05) is 30.3 Å². The van der Waals surface area contributed by atoms with Gasteiger partial charge in [-0.2, -0.15) is 5.26 Å². The summed E-state index contributed by atoms with van der Waals surface area (Å²) < 4.78 is 19.1. The van der Waals surface area contributed by atoms with Gasteiger partial charge in [-0.15, -0.1) is 0 Å². The van der Waals surface area contributed by atoms with Crippen LogP contribution in [-0.4, -0.2) is 13.3 Å². The summed E-state index contributed by atoms with van der Waals surface area (Å²) in [6.45, 7) is 0. The highest BCUT2D eigenvalue weighted by molar-refractivity contribution is 5.80. The van der Waals surface area contributed by atoms with Gasteiger partial charge in [-0.05, 0) is 30.2 Å². The van der Waals surface area contributed by atoms with Crippen LogP contribution in [0.15, 0.2) is 53.5 Å². The van der Waals surface area contributed by atoms with E-state index in [2.05, 4.69) is 6.07 Å². The number of nitrogens with zero attached hydrogens (tertiary/aromatic N) is 2. The minimum absolute atomic E-state index is 0.0863. The molecule has 4 heteroatoms. The van der Waals surface area contributed by atoms with E-state index in [0.717, 1.165) is 12.0 Å². The quantitative estimate of drug-likeness (QED) is 0.781. The minimum atomic E-state index is -0.570. The largest absolute Gasteiger partial charge is 0.496 e. The van der Waals surface area contributed by atoms with Crippen molar-refractivity contribution >= 4 is 6.21 Å². The molecule has 3 rings (SSSR count). The second-order valence-electron chi connectivity index (χ2n) is 5.70. The Bertz CT molecular complexity index is 767. The summed E-state index contributed by atoms with van der Waals surface area (Å²) in [6, 6.07) is 16.4. The molecule has 0 saturated heterocycles. The second-order valence-corrected chi connectivity index (χ2v) is 5.70. The number of ether oxygens (including phenoxy) is 1. The Morgan fingerprint density at radius 2 is 2.13 bits per heavy atom. The first kappa shape index (κ1) is 15.2. The molecule has 2 aromatic carbocycles. The van der Waals surface area contributed by atoms with Gasteiger partial charge < -0.3 is 4.74 Å². The number of rotatable bonds is 5. The van der Waals surface area contributed by atoms with E-state index in [1.165, 1.54) is 12.1 Å². The lowest BCUT2D eigenvalue weighted by Crippen LogP contribution is -2.10. The molecule has 2 aromatic rings. The molecule has 23 heavy (non-hydrogen) atoms. The first-order valence-electron chi connectivity index (χ1n) is 7.51. The van der Waals surface area contributed by atoms with Gasteiger partial charge in [0.1, 0.15) is 11.6 Å². The highest BCUT2D eigenvalue weighted by atomic mass is 19.1. The van der Waals surface area contributed by atoms with Crippen LogP contribution in [0.25, 0.3) is 0 Å². The summed E-state index contributed by atoms with van der Waals surface area (Å²) in [5.74, 6) is 0.373. The van der Waals surface area contributed by atoms with Crippen molar-refractivity contribution in [2.45, 2.75) is 18.4 Å². The fourth-order valence-corrected chi connectivity index (χ4v) is 2.97. The second kappa shape index (κ2) is 6.21. The summed E-state index contributed by atoms with van der Waals surface area (Å²) in [4.78, 5) is 4.73. The predicted octanol–water partition coefficient (Wildman–Crippen LogP) is 4.08. The maximum absolute atomic E-state index is 13.7. The molecule has 2 atom stereocenters. The third-order valence-electron chi connectivity index (χ3n) is 4.28. The molecule has 1 aliphatic rings.